The summed E-state index contributed by atoms with van der Waals surface area (Å²) in [6, 6.07) is 12.1. The first-order valence-corrected chi connectivity index (χ1v) is 10.5. The second kappa shape index (κ2) is 8.68. The minimum Gasteiger partial charge on any atom is -0.363 e. The molecule has 0 aliphatic rings. The lowest BCUT2D eigenvalue weighted by Gasteiger charge is -2.13. The van der Waals surface area contributed by atoms with E-state index < -0.39 is 21.7 Å². The third-order valence-electron chi connectivity index (χ3n) is 4.04. The number of hydrogen-bond donors (Lipinski definition) is 2. The Morgan fingerprint density at radius 1 is 1.03 bits per heavy atom. The third kappa shape index (κ3) is 5.05. The monoisotopic (exact) mass is 448 g/mol. The molecule has 7 nitrogen and oxygen atoms in total. The molecule has 3 aromatic rings. The molecule has 2 aromatic carbocycles. The van der Waals surface area contributed by atoms with Crippen LogP contribution in [-0.2, 0) is 10.0 Å². The number of pyridine rings is 1. The van der Waals surface area contributed by atoms with E-state index in [1.54, 1.807) is 12.1 Å². The summed E-state index contributed by atoms with van der Waals surface area (Å²) in [7, 11) is -0.416. The normalized spacial score (nSPS) is 11.1. The van der Waals surface area contributed by atoms with Crippen molar-refractivity contribution in [2.24, 2.45) is 0 Å². The summed E-state index contributed by atoms with van der Waals surface area (Å²) >= 11 is 6.06. The molecule has 30 heavy (non-hydrogen) atoms. The van der Waals surface area contributed by atoms with Gasteiger partial charge in [0.05, 0.1) is 16.9 Å². The number of hydrogen-bond acceptors (Lipinski definition) is 5. The van der Waals surface area contributed by atoms with E-state index in [4.69, 9.17) is 11.6 Å². The third-order valence-corrected chi connectivity index (χ3v) is 5.91. The van der Waals surface area contributed by atoms with E-state index in [0.29, 0.717) is 5.69 Å². The van der Waals surface area contributed by atoms with Crippen LogP contribution in [0.25, 0.3) is 0 Å². The number of anilines is 3. The van der Waals surface area contributed by atoms with Gasteiger partial charge in [0.1, 0.15) is 16.5 Å². The lowest BCUT2D eigenvalue weighted by atomic mass is 10.2. The number of amides is 1. The van der Waals surface area contributed by atoms with Gasteiger partial charge in [0.2, 0.25) is 0 Å². The smallest absolute Gasteiger partial charge is 0.263 e. The highest BCUT2D eigenvalue weighted by molar-refractivity contribution is 7.92. The van der Waals surface area contributed by atoms with Crippen molar-refractivity contribution in [1.29, 1.82) is 0 Å². The van der Waals surface area contributed by atoms with Crippen LogP contribution in [0.15, 0.2) is 65.7 Å². The van der Waals surface area contributed by atoms with Crippen LogP contribution in [0.4, 0.5) is 21.6 Å². The number of nitrogens with one attached hydrogen (secondary N) is 2. The zero-order chi connectivity index (χ0) is 21.9. The van der Waals surface area contributed by atoms with E-state index in [0.717, 1.165) is 18.0 Å². The van der Waals surface area contributed by atoms with E-state index in [1.807, 2.05) is 19.0 Å². The number of halogens is 2. The fourth-order valence-corrected chi connectivity index (χ4v) is 4.09. The van der Waals surface area contributed by atoms with E-state index in [1.165, 1.54) is 36.5 Å². The Morgan fingerprint density at radius 3 is 2.30 bits per heavy atom. The predicted octanol–water partition coefficient (Wildman–Crippen LogP) is 3.99. The minimum absolute atomic E-state index is 0.0573. The molecule has 0 fully saturated rings. The molecule has 156 valence electrons. The van der Waals surface area contributed by atoms with Crippen molar-refractivity contribution < 1.29 is 17.6 Å². The van der Waals surface area contributed by atoms with Crippen LogP contribution in [0, 0.1) is 5.82 Å². The minimum atomic E-state index is -4.10. The lowest BCUT2D eigenvalue weighted by molar-refractivity contribution is 0.102. The number of sulfonamides is 1. The fraction of sp³-hybridized carbons (Fsp3) is 0.100. The summed E-state index contributed by atoms with van der Waals surface area (Å²) in [4.78, 5) is 18.3. The van der Waals surface area contributed by atoms with Crippen molar-refractivity contribution in [1.82, 2.24) is 4.98 Å². The fourth-order valence-electron chi connectivity index (χ4n) is 2.51. The number of nitrogens with zero attached hydrogens (tertiary/aromatic N) is 2. The molecule has 0 spiro atoms. The Bertz CT molecular complexity index is 1170. The van der Waals surface area contributed by atoms with Crippen molar-refractivity contribution in [3.8, 4) is 0 Å². The standard InChI is InChI=1S/C20H18ClFN4O3S/c1-26(2)19-10-8-16(12-23-19)24-20(27)13-3-9-17(21)18(11-13)30(28,29)25-15-6-4-14(22)5-7-15/h3-12,25H,1-2H3,(H,24,27). The molecule has 0 bridgehead atoms. The first-order valence-electron chi connectivity index (χ1n) is 8.68. The SMILES string of the molecule is CN(C)c1ccc(NC(=O)c2ccc(Cl)c(S(=O)(=O)Nc3ccc(F)cc3)c2)cn1. The molecule has 0 saturated carbocycles. The predicted molar refractivity (Wildman–Crippen MR) is 115 cm³/mol. The molecule has 2 N–H and O–H groups in total. The zero-order valence-electron chi connectivity index (χ0n) is 16.1. The van der Waals surface area contributed by atoms with Gasteiger partial charge >= 0.3 is 0 Å². The molecular weight excluding hydrogens is 431 g/mol. The van der Waals surface area contributed by atoms with Gasteiger partial charge in [0.25, 0.3) is 15.9 Å². The van der Waals surface area contributed by atoms with Gasteiger partial charge in [-0.3, -0.25) is 9.52 Å². The Labute approximate surface area is 178 Å². The van der Waals surface area contributed by atoms with Crippen molar-refractivity contribution >= 4 is 44.7 Å². The van der Waals surface area contributed by atoms with Gasteiger partial charge in [-0.05, 0) is 54.6 Å². The first kappa shape index (κ1) is 21.5. The quantitative estimate of drug-likeness (QED) is 0.595. The summed E-state index contributed by atoms with van der Waals surface area (Å²) in [5.74, 6) is -0.299. The molecule has 0 unspecified atom stereocenters. The maximum atomic E-state index is 13.0. The summed E-state index contributed by atoms with van der Waals surface area (Å²) in [6.45, 7) is 0. The van der Waals surface area contributed by atoms with Crippen LogP contribution < -0.4 is 14.9 Å². The van der Waals surface area contributed by atoms with Crippen molar-refractivity contribution in [2.75, 3.05) is 29.0 Å². The van der Waals surface area contributed by atoms with Crippen LogP contribution >= 0.6 is 11.6 Å². The maximum absolute atomic E-state index is 13.0. The Kier molecular flexibility index (Phi) is 6.23. The Balaban J connectivity index is 1.83. The largest absolute Gasteiger partial charge is 0.363 e. The van der Waals surface area contributed by atoms with E-state index in [9.17, 15) is 17.6 Å². The zero-order valence-corrected chi connectivity index (χ0v) is 17.6. The van der Waals surface area contributed by atoms with Gasteiger partial charge in [-0.1, -0.05) is 11.6 Å². The lowest BCUT2D eigenvalue weighted by Crippen LogP contribution is -2.17. The van der Waals surface area contributed by atoms with Crippen molar-refractivity contribution in [2.45, 2.75) is 4.90 Å². The van der Waals surface area contributed by atoms with E-state index in [-0.39, 0.29) is 21.2 Å². The molecular formula is C20H18ClFN4O3S. The molecule has 1 aromatic heterocycles. The average molecular weight is 449 g/mol. The second-order valence-electron chi connectivity index (χ2n) is 6.51. The number of aromatic nitrogens is 1. The summed E-state index contributed by atoms with van der Waals surface area (Å²) in [6.07, 6.45) is 1.50. The van der Waals surface area contributed by atoms with Crippen LogP contribution in [0.2, 0.25) is 5.02 Å². The van der Waals surface area contributed by atoms with Crippen LogP contribution in [0.5, 0.6) is 0 Å². The Morgan fingerprint density at radius 2 is 1.70 bits per heavy atom. The molecule has 0 aliphatic heterocycles. The highest BCUT2D eigenvalue weighted by Gasteiger charge is 2.20. The number of rotatable bonds is 6. The number of carbonyl (C=O) groups excluding carboxylic acids is 1. The molecule has 10 heteroatoms. The van der Waals surface area contributed by atoms with E-state index in [2.05, 4.69) is 15.0 Å². The van der Waals surface area contributed by atoms with Crippen LogP contribution in [0.1, 0.15) is 10.4 Å². The first-order chi connectivity index (χ1) is 14.2. The molecule has 1 heterocycles. The van der Waals surface area contributed by atoms with Crippen molar-refractivity contribution in [3.63, 3.8) is 0 Å². The van der Waals surface area contributed by atoms with E-state index >= 15 is 0 Å². The van der Waals surface area contributed by atoms with Crippen LogP contribution in [0.3, 0.4) is 0 Å². The molecule has 0 atom stereocenters. The van der Waals surface area contributed by atoms with Gasteiger partial charge in [-0.15, -0.1) is 0 Å². The summed E-state index contributed by atoms with van der Waals surface area (Å²) in [5, 5.41) is 2.60. The summed E-state index contributed by atoms with van der Waals surface area (Å²) < 4.78 is 40.8. The number of carbonyl (C=O) groups is 1. The highest BCUT2D eigenvalue weighted by atomic mass is 35.5. The molecule has 0 aliphatic carbocycles. The van der Waals surface area contributed by atoms with Gasteiger partial charge in [0, 0.05) is 25.3 Å². The van der Waals surface area contributed by atoms with Gasteiger partial charge in [-0.25, -0.2) is 17.8 Å². The maximum Gasteiger partial charge on any atom is 0.263 e. The molecule has 0 saturated heterocycles. The highest BCUT2D eigenvalue weighted by Crippen LogP contribution is 2.26. The Hall–Kier alpha value is -3.17. The topological polar surface area (TPSA) is 91.4 Å². The second-order valence-corrected chi connectivity index (χ2v) is 8.57. The molecule has 1 amide bonds. The molecule has 3 rings (SSSR count). The van der Waals surface area contributed by atoms with Gasteiger partial charge < -0.3 is 10.2 Å². The average Bonchev–Trinajstić information content (AvgIpc) is 2.70. The van der Waals surface area contributed by atoms with Crippen LogP contribution in [-0.4, -0.2) is 33.4 Å². The van der Waals surface area contributed by atoms with Gasteiger partial charge in [0.15, 0.2) is 0 Å². The summed E-state index contributed by atoms with van der Waals surface area (Å²) in [5.41, 5.74) is 0.708. The van der Waals surface area contributed by atoms with Gasteiger partial charge in [-0.2, -0.15) is 0 Å². The molecule has 0 radical (unpaired) electrons. The number of benzene rings is 2. The van der Waals surface area contributed by atoms with Crippen molar-refractivity contribution in [3.05, 3.63) is 77.2 Å².